The third kappa shape index (κ3) is 164. The summed E-state index contributed by atoms with van der Waals surface area (Å²) in [5.74, 6) is 0. The van der Waals surface area contributed by atoms with E-state index in [4.69, 9.17) is 0 Å². The molecule has 0 fully saturated rings. The van der Waals surface area contributed by atoms with Gasteiger partial charge in [-0.05, 0) is 0 Å². The van der Waals surface area contributed by atoms with Crippen molar-refractivity contribution >= 4 is 124 Å². The Morgan fingerprint density at radius 3 is 0.158 bits per heavy atom. The van der Waals surface area contributed by atoms with Gasteiger partial charge in [0.2, 0.25) is 0 Å². The van der Waals surface area contributed by atoms with Gasteiger partial charge in [-0.15, -0.1) is 124 Å². The minimum absolute atomic E-state index is 0. The Labute approximate surface area is 392 Å². The molecule has 0 aromatic carbocycles. The molecule has 0 aliphatic rings. The fraction of sp³-hybridized carbons (Fsp3) is 0. The Hall–Kier alpha value is 11.9. The minimum atomic E-state index is 0. The van der Waals surface area contributed by atoms with Crippen molar-refractivity contribution in [3.05, 3.63) is 0 Å². The molecule has 0 bridgehead atoms. The van der Waals surface area contributed by atoms with Crippen molar-refractivity contribution in [2.75, 3.05) is 0 Å². The van der Waals surface area contributed by atoms with Gasteiger partial charge in [0, 0.05) is 0 Å². The van der Waals surface area contributed by atoms with E-state index in [-0.39, 0.29) is 403 Å². The summed E-state index contributed by atoms with van der Waals surface area (Å²) in [6.45, 7) is 0. The zero-order valence-corrected chi connectivity index (χ0v) is 39.2. The van der Waals surface area contributed by atoms with Gasteiger partial charge in [-0.2, -0.15) is 0 Å². The molecule has 0 rings (SSSR count). The normalized spacial score (nSPS) is 0. The first-order valence-electron chi connectivity index (χ1n) is 0. The molecule has 0 saturated heterocycles. The second-order valence-electron chi connectivity index (χ2n) is 0. The van der Waals surface area contributed by atoms with Crippen LogP contribution in [-0.2, 0) is 0 Å². The van der Waals surface area contributed by atoms with E-state index < -0.39 is 0 Å². The van der Waals surface area contributed by atoms with Crippen molar-refractivity contribution in [1.82, 2.24) is 0 Å². The molecule has 0 aromatic rings. The van der Waals surface area contributed by atoms with Gasteiger partial charge in [0.15, 0.2) is 0 Å². The van der Waals surface area contributed by atoms with Crippen LogP contribution in [0.15, 0.2) is 0 Å². The molecule has 0 radical (unpaired) electrons. The molecule has 0 heterocycles. The first-order valence-corrected chi connectivity index (χ1v) is 0. The van der Waals surface area contributed by atoms with Crippen LogP contribution < -0.4 is 266 Å². The van der Waals surface area contributed by atoms with Crippen LogP contribution in [0.2, 0.25) is 0 Å². The Bertz CT molecular complexity index is 44.3. The molecular weight excluding hydrogens is 561 g/mol. The van der Waals surface area contributed by atoms with Gasteiger partial charge in [0.1, 0.15) is 0 Å². The van der Waals surface area contributed by atoms with Gasteiger partial charge in [-0.3, -0.25) is 0 Å². The Balaban J connectivity index is 0. The molecule has 0 aromatic heterocycles. The van der Waals surface area contributed by atoms with Crippen LogP contribution in [0.1, 0.15) is 12.8 Å². The van der Waals surface area contributed by atoms with E-state index in [1.807, 2.05) is 0 Å². The predicted molar refractivity (Wildman–Crippen MR) is 82.5 cm³/mol. The monoisotopic (exact) mass is 576 g/mol. The van der Waals surface area contributed by atoms with Crippen LogP contribution >= 0.6 is 124 Å². The summed E-state index contributed by atoms with van der Waals surface area (Å²) in [5.41, 5.74) is 0. The Morgan fingerprint density at radius 2 is 0.158 bits per heavy atom. The van der Waals surface area contributed by atoms with Crippen molar-refractivity contribution in [3.63, 3.8) is 0 Å². The molecule has 0 N–H and O–H groups in total. The summed E-state index contributed by atoms with van der Waals surface area (Å²) in [7, 11) is 0. The molecule has 0 atom stereocenters. The molecule has 0 aliphatic carbocycles. The van der Waals surface area contributed by atoms with E-state index in [0.29, 0.717) is 0 Å². The SMILES string of the molecule is Cl.Cl.Cl.Cl.Cl.Cl.Cl.Cl.Cl.Cl.[H-].[H-].[H-].[H-].[H-].[H-].[H-].[H-].[H-].[Na+].[Na+].[Na+].[Na+].[Na+].[Na+].[Na+].[Na+].[Na+]. The van der Waals surface area contributed by atoms with Gasteiger partial charge in [-0.25, -0.2) is 0 Å². The van der Waals surface area contributed by atoms with Gasteiger partial charge >= 0.3 is 266 Å². The fourth-order valence-electron chi connectivity index (χ4n) is 0. The number of halogens is 10. The number of rotatable bonds is 0. The van der Waals surface area contributed by atoms with Crippen molar-refractivity contribution in [1.29, 1.82) is 0 Å². The maximum absolute atomic E-state index is 0. The zero-order chi connectivity index (χ0) is 0. The van der Waals surface area contributed by atoms with Crippen LogP contribution in [0.5, 0.6) is 0 Å². The number of hydrogen-bond acceptors (Lipinski definition) is 0. The summed E-state index contributed by atoms with van der Waals surface area (Å²) in [6.07, 6.45) is 0. The topological polar surface area (TPSA) is 0 Å². The van der Waals surface area contributed by atoms with Crippen LogP contribution in [-0.4, -0.2) is 0 Å². The van der Waals surface area contributed by atoms with Crippen molar-refractivity contribution in [3.8, 4) is 0 Å². The summed E-state index contributed by atoms with van der Waals surface area (Å²) in [4.78, 5) is 0. The predicted octanol–water partition coefficient (Wildman–Crippen LogP) is -21.7. The van der Waals surface area contributed by atoms with Crippen LogP contribution in [0, 0.1) is 0 Å². The molecule has 0 spiro atoms. The summed E-state index contributed by atoms with van der Waals surface area (Å²) in [6, 6.07) is 0. The standard InChI is InChI=1S/10ClH.9Na.9H/h10*1H;;;;;;;;;;;;;;;;;;/q;;;;;;;;;;9*+1;9*-1. The second-order valence-corrected chi connectivity index (χ2v) is 0. The Morgan fingerprint density at radius 1 is 0.158 bits per heavy atom. The van der Waals surface area contributed by atoms with E-state index in [0.717, 1.165) is 0 Å². The average Bonchev–Trinajstić information content (AvgIpc) is 0. The summed E-state index contributed by atoms with van der Waals surface area (Å²) in [5, 5.41) is 0. The maximum atomic E-state index is 0. The number of hydrogen-bond donors (Lipinski definition) is 0. The molecule has 19 heteroatoms. The minimum Gasteiger partial charge on any atom is -1.00 e. The third-order valence-corrected chi connectivity index (χ3v) is 0. The molecule has 98 valence electrons. The van der Waals surface area contributed by atoms with E-state index >= 15 is 0 Å². The largest absolute Gasteiger partial charge is 1.00 e. The Kier molecular flexibility index (Phi) is 1810. The molecule has 0 saturated carbocycles. The zero-order valence-electron chi connectivity index (χ0n) is 22.1. The molecule has 19 heavy (non-hydrogen) atoms. The van der Waals surface area contributed by atoms with Crippen molar-refractivity contribution in [2.45, 2.75) is 0 Å². The van der Waals surface area contributed by atoms with Gasteiger partial charge < -0.3 is 12.8 Å². The summed E-state index contributed by atoms with van der Waals surface area (Å²) >= 11 is 0. The van der Waals surface area contributed by atoms with E-state index in [1.165, 1.54) is 0 Å². The van der Waals surface area contributed by atoms with Crippen LogP contribution in [0.25, 0.3) is 0 Å². The van der Waals surface area contributed by atoms with Gasteiger partial charge in [-0.1, -0.05) is 0 Å². The van der Waals surface area contributed by atoms with Gasteiger partial charge in [0.05, 0.1) is 0 Å². The smallest absolute Gasteiger partial charge is 1.00 e. The van der Waals surface area contributed by atoms with Gasteiger partial charge in [0.25, 0.3) is 0 Å². The van der Waals surface area contributed by atoms with E-state index in [1.54, 1.807) is 0 Å². The van der Waals surface area contributed by atoms with E-state index in [9.17, 15) is 0 Å². The van der Waals surface area contributed by atoms with E-state index in [2.05, 4.69) is 0 Å². The van der Waals surface area contributed by atoms with Crippen molar-refractivity contribution < 1.29 is 279 Å². The molecule has 0 amide bonds. The molecule has 0 nitrogen and oxygen atoms in total. The van der Waals surface area contributed by atoms with Crippen LogP contribution in [0.3, 0.4) is 0 Å². The second kappa shape index (κ2) is 176. The maximum Gasteiger partial charge on any atom is 1.00 e. The first kappa shape index (κ1) is 195. The quantitative estimate of drug-likeness (QED) is 0.250. The van der Waals surface area contributed by atoms with Crippen LogP contribution in [0.4, 0.5) is 0 Å². The average molecular weight is 581 g/mol. The molecule has 0 unspecified atom stereocenters. The first-order chi connectivity index (χ1) is 0. The van der Waals surface area contributed by atoms with Crippen molar-refractivity contribution in [2.24, 2.45) is 0 Å². The summed E-state index contributed by atoms with van der Waals surface area (Å²) < 4.78 is 0. The molecular formula is H19Cl10Na9. The molecule has 0 aliphatic heterocycles. The fourth-order valence-corrected chi connectivity index (χ4v) is 0. The third-order valence-electron chi connectivity index (χ3n) is 0.